The molecule has 1 saturated heterocycles. The molecule has 0 saturated carbocycles. The van der Waals surface area contributed by atoms with Crippen molar-refractivity contribution in [3.8, 4) is 17.6 Å². The van der Waals surface area contributed by atoms with Crippen LogP contribution in [0.25, 0.3) is 0 Å². The summed E-state index contributed by atoms with van der Waals surface area (Å²) in [6.45, 7) is 2.28. The highest BCUT2D eigenvalue weighted by atomic mass is 32.2. The second kappa shape index (κ2) is 9.38. The van der Waals surface area contributed by atoms with Gasteiger partial charge in [-0.25, -0.2) is 8.42 Å². The molecule has 0 amide bonds. The summed E-state index contributed by atoms with van der Waals surface area (Å²) < 4.78 is 34.2. The van der Waals surface area contributed by atoms with Crippen LogP contribution in [-0.4, -0.2) is 44.1 Å². The zero-order chi connectivity index (χ0) is 24.6. The van der Waals surface area contributed by atoms with Gasteiger partial charge in [0.25, 0.3) is 0 Å². The van der Waals surface area contributed by atoms with Crippen molar-refractivity contribution in [2.24, 2.45) is 5.92 Å². The summed E-state index contributed by atoms with van der Waals surface area (Å²) in [5.41, 5.74) is 4.38. The fraction of sp³-hybridized carbons (Fsp3) is 0.286. The molecular weight excluding hydrogens is 460 g/mol. The Hall–Kier alpha value is -3.31. The fourth-order valence-corrected chi connectivity index (χ4v) is 6.72. The van der Waals surface area contributed by atoms with Crippen LogP contribution in [0, 0.1) is 24.7 Å². The summed E-state index contributed by atoms with van der Waals surface area (Å²) in [5, 5.41) is 13.5. The molecular formula is C28H28N2O4S. The average molecular weight is 489 g/mol. The van der Waals surface area contributed by atoms with E-state index in [0.29, 0.717) is 17.9 Å². The number of aryl methyl sites for hydroxylation is 1. The van der Waals surface area contributed by atoms with E-state index in [1.807, 2.05) is 61.5 Å². The zero-order valence-electron chi connectivity index (χ0n) is 19.7. The van der Waals surface area contributed by atoms with Gasteiger partial charge in [0.2, 0.25) is 10.0 Å². The first-order chi connectivity index (χ1) is 16.9. The van der Waals surface area contributed by atoms with Crippen LogP contribution < -0.4 is 10.1 Å². The third-order valence-corrected chi connectivity index (χ3v) is 8.77. The molecule has 3 aromatic rings. The van der Waals surface area contributed by atoms with E-state index in [9.17, 15) is 13.5 Å². The molecule has 0 bridgehead atoms. The van der Waals surface area contributed by atoms with Crippen LogP contribution in [0.2, 0.25) is 0 Å². The van der Waals surface area contributed by atoms with Crippen LogP contribution in [0.3, 0.4) is 0 Å². The lowest BCUT2D eigenvalue weighted by Gasteiger charge is -2.38. The van der Waals surface area contributed by atoms with E-state index in [1.165, 1.54) is 0 Å². The molecule has 6 nitrogen and oxygen atoms in total. The number of hydrogen-bond donors (Lipinski definition) is 2. The smallest absolute Gasteiger partial charge is 0.243 e. The number of hydrogen-bond acceptors (Lipinski definition) is 5. The predicted molar refractivity (Wildman–Crippen MR) is 136 cm³/mol. The molecule has 2 aliphatic rings. The number of methoxy groups -OCH3 is 1. The normalized spacial score (nSPS) is 21.3. The van der Waals surface area contributed by atoms with Gasteiger partial charge in [0.1, 0.15) is 5.75 Å². The Morgan fingerprint density at radius 1 is 1.06 bits per heavy atom. The van der Waals surface area contributed by atoms with E-state index >= 15 is 0 Å². The van der Waals surface area contributed by atoms with Crippen molar-refractivity contribution in [3.63, 3.8) is 0 Å². The van der Waals surface area contributed by atoms with Crippen molar-refractivity contribution in [2.75, 3.05) is 25.6 Å². The Bertz CT molecular complexity index is 1410. The monoisotopic (exact) mass is 488 g/mol. The lowest BCUT2D eigenvalue weighted by atomic mass is 9.83. The minimum atomic E-state index is -3.70. The first-order valence-corrected chi connectivity index (χ1v) is 13.1. The van der Waals surface area contributed by atoms with Crippen molar-refractivity contribution in [3.05, 3.63) is 89.0 Å². The summed E-state index contributed by atoms with van der Waals surface area (Å²) in [4.78, 5) is 0.290. The lowest BCUT2D eigenvalue weighted by molar-refractivity contribution is 0.210. The highest BCUT2D eigenvalue weighted by molar-refractivity contribution is 7.89. The molecule has 0 radical (unpaired) electrons. The fourth-order valence-electron chi connectivity index (χ4n) is 5.06. The van der Waals surface area contributed by atoms with Gasteiger partial charge in [0.05, 0.1) is 30.7 Å². The first-order valence-electron chi connectivity index (χ1n) is 11.7. The van der Waals surface area contributed by atoms with E-state index in [2.05, 4.69) is 17.2 Å². The predicted octanol–water partition coefficient (Wildman–Crippen LogP) is 3.94. The Balaban J connectivity index is 1.54. The topological polar surface area (TPSA) is 78.9 Å². The highest BCUT2D eigenvalue weighted by Gasteiger charge is 2.48. The summed E-state index contributed by atoms with van der Waals surface area (Å²) >= 11 is 0. The third kappa shape index (κ3) is 4.41. The van der Waals surface area contributed by atoms with E-state index in [-0.39, 0.29) is 24.6 Å². The largest absolute Gasteiger partial charge is 0.497 e. The van der Waals surface area contributed by atoms with Gasteiger partial charge in [0, 0.05) is 29.3 Å². The number of aliphatic hydroxyl groups is 1. The van der Waals surface area contributed by atoms with Gasteiger partial charge in [-0.2, -0.15) is 4.31 Å². The summed E-state index contributed by atoms with van der Waals surface area (Å²) in [5.74, 6) is 7.09. The van der Waals surface area contributed by atoms with Gasteiger partial charge in [-0.15, -0.1) is 0 Å². The summed E-state index contributed by atoms with van der Waals surface area (Å²) in [6, 6.07) is 19.8. The molecule has 0 unspecified atom stereocenters. The number of nitrogens with one attached hydrogen (secondary N) is 1. The number of benzene rings is 3. The molecule has 2 aliphatic heterocycles. The van der Waals surface area contributed by atoms with Gasteiger partial charge >= 0.3 is 0 Å². The van der Waals surface area contributed by atoms with Crippen LogP contribution in [0.1, 0.15) is 34.7 Å². The Kier molecular flexibility index (Phi) is 6.28. The van der Waals surface area contributed by atoms with Crippen molar-refractivity contribution in [2.45, 2.75) is 30.3 Å². The second-order valence-corrected chi connectivity index (χ2v) is 10.9. The molecule has 2 heterocycles. The average Bonchev–Trinajstić information content (AvgIpc) is 3.34. The van der Waals surface area contributed by atoms with Gasteiger partial charge in [-0.1, -0.05) is 35.6 Å². The number of ether oxygens (including phenoxy) is 1. The number of rotatable bonds is 4. The van der Waals surface area contributed by atoms with Crippen LogP contribution in [0.15, 0.2) is 71.6 Å². The van der Waals surface area contributed by atoms with Crippen LogP contribution in [-0.2, 0) is 10.0 Å². The molecule has 0 spiro atoms. The minimum Gasteiger partial charge on any atom is -0.497 e. The lowest BCUT2D eigenvalue weighted by Crippen LogP contribution is -2.42. The summed E-state index contributed by atoms with van der Waals surface area (Å²) in [7, 11) is -2.08. The molecule has 3 aromatic carbocycles. The zero-order valence-corrected chi connectivity index (χ0v) is 20.5. The van der Waals surface area contributed by atoms with Gasteiger partial charge in [0.15, 0.2) is 0 Å². The Morgan fingerprint density at radius 3 is 2.51 bits per heavy atom. The molecule has 5 rings (SSSR count). The highest BCUT2D eigenvalue weighted by Crippen LogP contribution is 2.48. The first kappa shape index (κ1) is 23.4. The van der Waals surface area contributed by atoms with Gasteiger partial charge < -0.3 is 15.2 Å². The second-order valence-electron chi connectivity index (χ2n) is 9.04. The summed E-state index contributed by atoms with van der Waals surface area (Å²) in [6.07, 6.45) is 0.674. The maximum atomic E-state index is 13.7. The van der Waals surface area contributed by atoms with Gasteiger partial charge in [-0.3, -0.25) is 0 Å². The number of nitrogens with zero attached hydrogens (tertiary/aromatic N) is 1. The molecule has 0 aliphatic carbocycles. The van der Waals surface area contributed by atoms with E-state index in [1.54, 1.807) is 23.5 Å². The van der Waals surface area contributed by atoms with Crippen LogP contribution >= 0.6 is 0 Å². The van der Waals surface area contributed by atoms with Crippen molar-refractivity contribution in [1.29, 1.82) is 0 Å². The SMILES string of the molecule is COc1cccc(C#Cc2ccc3c(c2)[C@H]2[C@H](CCN2S(=O)(=O)c2ccc(C)cc2)[C@@H](CO)N3)c1. The van der Waals surface area contributed by atoms with E-state index in [4.69, 9.17) is 4.74 Å². The number of aliphatic hydroxyl groups excluding tert-OH is 1. The number of sulfonamides is 1. The molecule has 7 heteroatoms. The van der Waals surface area contributed by atoms with E-state index in [0.717, 1.165) is 33.7 Å². The molecule has 0 aromatic heterocycles. The van der Waals surface area contributed by atoms with Crippen LogP contribution in [0.4, 0.5) is 5.69 Å². The van der Waals surface area contributed by atoms with Gasteiger partial charge in [-0.05, 0) is 67.4 Å². The standard InChI is InChI=1S/C28H28N2O4S/c1-19-6-11-23(12-7-19)35(32,33)30-15-14-24-27(18-31)29-26-13-10-21(17-25(26)28(24)30)9-8-20-4-3-5-22(16-20)34-2/h3-7,10-13,16-17,24,27-29,31H,14-15,18H2,1-2H3/t24-,27-,28-/m1/s1. The maximum Gasteiger partial charge on any atom is 0.243 e. The maximum absolute atomic E-state index is 13.7. The molecule has 180 valence electrons. The van der Waals surface area contributed by atoms with Crippen molar-refractivity contribution < 1.29 is 18.3 Å². The number of fused-ring (bicyclic) bond motifs is 3. The van der Waals surface area contributed by atoms with Crippen LogP contribution in [0.5, 0.6) is 5.75 Å². The minimum absolute atomic E-state index is 0.0330. The van der Waals surface area contributed by atoms with Crippen molar-refractivity contribution in [1.82, 2.24) is 4.31 Å². The molecule has 1 fully saturated rings. The van der Waals surface area contributed by atoms with Crippen molar-refractivity contribution >= 4 is 15.7 Å². The molecule has 3 atom stereocenters. The number of anilines is 1. The molecule has 35 heavy (non-hydrogen) atoms. The quantitative estimate of drug-likeness (QED) is 0.544. The Morgan fingerprint density at radius 2 is 1.80 bits per heavy atom. The third-order valence-electron chi connectivity index (χ3n) is 6.87. The Labute approximate surface area is 206 Å². The molecule has 2 N–H and O–H groups in total. The van der Waals surface area contributed by atoms with E-state index < -0.39 is 10.0 Å².